The largest absolute Gasteiger partial charge is 0.491 e. The van der Waals surface area contributed by atoms with E-state index in [1.165, 1.54) is 11.1 Å². The molecule has 0 spiro atoms. The highest BCUT2D eigenvalue weighted by molar-refractivity contribution is 5.31. The van der Waals surface area contributed by atoms with Crippen molar-refractivity contribution in [3.8, 4) is 5.75 Å². The number of aryl methyl sites for hydroxylation is 2. The van der Waals surface area contributed by atoms with Crippen LogP contribution >= 0.6 is 0 Å². The van der Waals surface area contributed by atoms with Crippen molar-refractivity contribution in [2.75, 3.05) is 52.5 Å². The van der Waals surface area contributed by atoms with Crippen molar-refractivity contribution in [1.82, 2.24) is 9.80 Å². The molecule has 1 fully saturated rings. The van der Waals surface area contributed by atoms with Gasteiger partial charge in [-0.25, -0.2) is 0 Å². The predicted molar refractivity (Wildman–Crippen MR) is 116 cm³/mol. The first-order chi connectivity index (χ1) is 14.1. The summed E-state index contributed by atoms with van der Waals surface area (Å²) in [6, 6.07) is 16.5. The van der Waals surface area contributed by atoms with E-state index < -0.39 is 6.10 Å². The van der Waals surface area contributed by atoms with E-state index in [-0.39, 0.29) is 0 Å². The quantitative estimate of drug-likeness (QED) is 0.667. The molecule has 0 aromatic heterocycles. The van der Waals surface area contributed by atoms with Gasteiger partial charge in [0.15, 0.2) is 0 Å². The van der Waals surface area contributed by atoms with E-state index in [9.17, 15) is 5.11 Å². The summed E-state index contributed by atoms with van der Waals surface area (Å²) in [6.45, 7) is 11.3. The van der Waals surface area contributed by atoms with Crippen molar-refractivity contribution >= 4 is 0 Å². The van der Waals surface area contributed by atoms with Crippen LogP contribution in [0.2, 0.25) is 0 Å². The second-order valence-corrected chi connectivity index (χ2v) is 7.91. The molecule has 1 aliphatic rings. The van der Waals surface area contributed by atoms with Crippen molar-refractivity contribution < 1.29 is 14.6 Å². The van der Waals surface area contributed by atoms with Gasteiger partial charge in [0.25, 0.3) is 0 Å². The smallest absolute Gasteiger partial charge is 0.122 e. The van der Waals surface area contributed by atoms with Crippen LogP contribution in [0.4, 0.5) is 0 Å². The zero-order valence-electron chi connectivity index (χ0n) is 17.7. The van der Waals surface area contributed by atoms with Crippen LogP contribution in [0.1, 0.15) is 16.7 Å². The average molecular weight is 399 g/mol. The first-order valence-electron chi connectivity index (χ1n) is 10.5. The SMILES string of the molecule is Cc1cccc(CN(CCN2CCOCC2)C[C@@H](O)COc2ccccc2C)c1. The van der Waals surface area contributed by atoms with E-state index in [4.69, 9.17) is 9.47 Å². The molecule has 3 rings (SSSR count). The monoisotopic (exact) mass is 398 g/mol. The van der Waals surface area contributed by atoms with Gasteiger partial charge in [0, 0.05) is 39.3 Å². The van der Waals surface area contributed by atoms with Crippen molar-refractivity contribution in [3.63, 3.8) is 0 Å². The third-order valence-electron chi connectivity index (χ3n) is 5.32. The minimum atomic E-state index is -0.538. The van der Waals surface area contributed by atoms with Gasteiger partial charge < -0.3 is 14.6 Å². The summed E-state index contributed by atoms with van der Waals surface area (Å²) < 4.78 is 11.3. The van der Waals surface area contributed by atoms with Gasteiger partial charge in [0.05, 0.1) is 13.2 Å². The highest BCUT2D eigenvalue weighted by atomic mass is 16.5. The van der Waals surface area contributed by atoms with Gasteiger partial charge in [-0.2, -0.15) is 0 Å². The summed E-state index contributed by atoms with van der Waals surface area (Å²) in [7, 11) is 0. The zero-order valence-corrected chi connectivity index (χ0v) is 17.7. The summed E-state index contributed by atoms with van der Waals surface area (Å²) in [4.78, 5) is 4.76. The predicted octanol–water partition coefficient (Wildman–Crippen LogP) is 2.88. The number of hydrogen-bond donors (Lipinski definition) is 1. The lowest BCUT2D eigenvalue weighted by Crippen LogP contribution is -2.43. The summed E-state index contributed by atoms with van der Waals surface area (Å²) in [5.74, 6) is 0.838. The number of benzene rings is 2. The van der Waals surface area contributed by atoms with Gasteiger partial charge in [0.2, 0.25) is 0 Å². The maximum Gasteiger partial charge on any atom is 0.122 e. The fourth-order valence-corrected chi connectivity index (χ4v) is 3.67. The Hall–Kier alpha value is -1.92. The number of nitrogens with zero attached hydrogens (tertiary/aromatic N) is 2. The third-order valence-corrected chi connectivity index (χ3v) is 5.32. The standard InChI is InChI=1S/C24H34N2O3/c1-20-6-5-8-22(16-20)17-26(11-10-25-12-14-28-15-13-25)18-23(27)19-29-24-9-4-3-7-21(24)2/h3-9,16,23,27H,10-15,17-19H2,1-2H3/t23-/m1/s1. The lowest BCUT2D eigenvalue weighted by Gasteiger charge is -2.31. The van der Waals surface area contributed by atoms with E-state index in [0.717, 1.165) is 57.3 Å². The Morgan fingerprint density at radius 3 is 2.66 bits per heavy atom. The lowest BCUT2D eigenvalue weighted by atomic mass is 10.1. The minimum Gasteiger partial charge on any atom is -0.491 e. The van der Waals surface area contributed by atoms with Crippen LogP contribution in [0, 0.1) is 13.8 Å². The molecule has 1 N–H and O–H groups in total. The first kappa shape index (κ1) is 21.8. The molecule has 29 heavy (non-hydrogen) atoms. The van der Waals surface area contributed by atoms with Crippen LogP contribution in [0.15, 0.2) is 48.5 Å². The van der Waals surface area contributed by atoms with Gasteiger partial charge in [-0.05, 0) is 31.0 Å². The highest BCUT2D eigenvalue weighted by Crippen LogP contribution is 2.16. The third kappa shape index (κ3) is 7.44. The van der Waals surface area contributed by atoms with Crippen LogP contribution in [0.3, 0.4) is 0 Å². The fourth-order valence-electron chi connectivity index (χ4n) is 3.67. The summed E-state index contributed by atoms with van der Waals surface area (Å²) in [5, 5.41) is 10.6. The van der Waals surface area contributed by atoms with Gasteiger partial charge >= 0.3 is 0 Å². The van der Waals surface area contributed by atoms with E-state index in [1.807, 2.05) is 31.2 Å². The fraction of sp³-hybridized carbons (Fsp3) is 0.500. The number of hydrogen-bond acceptors (Lipinski definition) is 5. The maximum atomic E-state index is 10.6. The van der Waals surface area contributed by atoms with Crippen LogP contribution in [-0.2, 0) is 11.3 Å². The molecule has 1 atom stereocenters. The zero-order chi connectivity index (χ0) is 20.5. The van der Waals surface area contributed by atoms with Crippen LogP contribution in [0.25, 0.3) is 0 Å². The number of aliphatic hydroxyl groups is 1. The molecule has 1 heterocycles. The second-order valence-electron chi connectivity index (χ2n) is 7.91. The molecule has 0 aliphatic carbocycles. The van der Waals surface area contributed by atoms with E-state index in [0.29, 0.717) is 13.2 Å². The molecular formula is C24H34N2O3. The Morgan fingerprint density at radius 1 is 1.10 bits per heavy atom. The second kappa shape index (κ2) is 11.3. The Bertz CT molecular complexity index is 746. The molecule has 2 aromatic carbocycles. The van der Waals surface area contributed by atoms with Crippen molar-refractivity contribution in [2.45, 2.75) is 26.5 Å². The average Bonchev–Trinajstić information content (AvgIpc) is 2.72. The maximum absolute atomic E-state index is 10.6. The number of morpholine rings is 1. The normalized spacial score (nSPS) is 16.1. The van der Waals surface area contributed by atoms with Gasteiger partial charge in [-0.1, -0.05) is 48.0 Å². The number of ether oxygens (including phenoxy) is 2. The molecule has 1 aliphatic heterocycles. The van der Waals surface area contributed by atoms with E-state index >= 15 is 0 Å². The molecule has 0 saturated carbocycles. The van der Waals surface area contributed by atoms with Crippen molar-refractivity contribution in [1.29, 1.82) is 0 Å². The first-order valence-corrected chi connectivity index (χ1v) is 10.5. The molecule has 158 valence electrons. The van der Waals surface area contributed by atoms with Crippen LogP contribution < -0.4 is 4.74 Å². The van der Waals surface area contributed by atoms with Gasteiger partial charge in [0.1, 0.15) is 18.5 Å². The summed E-state index contributed by atoms with van der Waals surface area (Å²) in [6.07, 6.45) is -0.538. The van der Waals surface area contributed by atoms with Crippen molar-refractivity contribution in [3.05, 3.63) is 65.2 Å². The van der Waals surface area contributed by atoms with Gasteiger partial charge in [-0.3, -0.25) is 9.80 Å². The molecule has 0 unspecified atom stereocenters. The molecular weight excluding hydrogens is 364 g/mol. The highest BCUT2D eigenvalue weighted by Gasteiger charge is 2.16. The Labute approximate surface area is 174 Å². The Kier molecular flexibility index (Phi) is 8.50. The number of para-hydroxylation sites is 1. The molecule has 2 aromatic rings. The molecule has 0 amide bonds. The summed E-state index contributed by atoms with van der Waals surface area (Å²) >= 11 is 0. The summed E-state index contributed by atoms with van der Waals surface area (Å²) in [5.41, 5.74) is 3.63. The Balaban J connectivity index is 1.56. The van der Waals surface area contributed by atoms with E-state index in [1.54, 1.807) is 0 Å². The molecule has 0 radical (unpaired) electrons. The molecule has 1 saturated heterocycles. The van der Waals surface area contributed by atoms with Crippen LogP contribution in [0.5, 0.6) is 5.75 Å². The van der Waals surface area contributed by atoms with E-state index in [2.05, 4.69) is 41.0 Å². The Morgan fingerprint density at radius 2 is 1.90 bits per heavy atom. The minimum absolute atomic E-state index is 0.298. The van der Waals surface area contributed by atoms with Crippen molar-refractivity contribution in [2.24, 2.45) is 0 Å². The molecule has 0 bridgehead atoms. The topological polar surface area (TPSA) is 45.2 Å². The van der Waals surface area contributed by atoms with Gasteiger partial charge in [-0.15, -0.1) is 0 Å². The number of aliphatic hydroxyl groups excluding tert-OH is 1. The van der Waals surface area contributed by atoms with Crippen LogP contribution in [-0.4, -0.2) is 73.6 Å². The number of rotatable bonds is 10. The molecule has 5 nitrogen and oxygen atoms in total. The molecule has 5 heteroatoms. The lowest BCUT2D eigenvalue weighted by molar-refractivity contribution is 0.0255.